The van der Waals surface area contributed by atoms with E-state index in [1.807, 2.05) is 44.2 Å². The molecule has 5 heteroatoms. The van der Waals surface area contributed by atoms with Crippen LogP contribution in [0.15, 0.2) is 30.3 Å². The third-order valence-electron chi connectivity index (χ3n) is 3.02. The number of rotatable bonds is 9. The van der Waals surface area contributed by atoms with Gasteiger partial charge in [0.05, 0.1) is 6.61 Å². The first kappa shape index (κ1) is 18.0. The van der Waals surface area contributed by atoms with Gasteiger partial charge in [0.15, 0.2) is 0 Å². The number of hydrogen-bond acceptors (Lipinski definition) is 2. The summed E-state index contributed by atoms with van der Waals surface area (Å²) < 4.78 is 41.3. The molecule has 0 saturated heterocycles. The number of nitrogens with one attached hydrogen (secondary N) is 1. The van der Waals surface area contributed by atoms with Gasteiger partial charge in [0.25, 0.3) is 0 Å². The first-order valence-electron chi connectivity index (χ1n) is 7.18. The third-order valence-corrected chi connectivity index (χ3v) is 3.02. The lowest BCUT2D eigenvalue weighted by molar-refractivity contribution is -0.138. The van der Waals surface area contributed by atoms with Crippen LogP contribution in [0.1, 0.15) is 32.3 Å². The molecule has 0 spiro atoms. The van der Waals surface area contributed by atoms with Crippen molar-refractivity contribution in [3.63, 3.8) is 0 Å². The van der Waals surface area contributed by atoms with Crippen molar-refractivity contribution in [3.8, 4) is 0 Å². The summed E-state index contributed by atoms with van der Waals surface area (Å²) in [5.74, 6) is 0. The van der Waals surface area contributed by atoms with Crippen LogP contribution in [-0.2, 0) is 11.3 Å². The van der Waals surface area contributed by atoms with E-state index in [2.05, 4.69) is 5.32 Å². The third kappa shape index (κ3) is 9.47. The number of hydrogen-bond donors (Lipinski definition) is 1. The van der Waals surface area contributed by atoms with E-state index in [0.717, 1.165) is 13.1 Å². The fourth-order valence-corrected chi connectivity index (χ4v) is 1.92. The Hall–Kier alpha value is -1.07. The molecule has 0 saturated carbocycles. The Bertz CT molecular complexity index is 390. The normalized spacial score (nSPS) is 12.6. The molecule has 0 fully saturated rings. The molecule has 0 heterocycles. The zero-order chi connectivity index (χ0) is 15.8. The van der Waals surface area contributed by atoms with Crippen LogP contribution in [0.25, 0.3) is 0 Å². The van der Waals surface area contributed by atoms with E-state index in [1.54, 1.807) is 0 Å². The van der Waals surface area contributed by atoms with Crippen molar-refractivity contribution in [2.75, 3.05) is 19.8 Å². The van der Waals surface area contributed by atoms with Crippen LogP contribution in [0.5, 0.6) is 0 Å². The maximum absolute atomic E-state index is 12.0. The highest BCUT2D eigenvalue weighted by atomic mass is 19.4. The van der Waals surface area contributed by atoms with Crippen LogP contribution >= 0.6 is 0 Å². The van der Waals surface area contributed by atoms with Crippen LogP contribution in [0.3, 0.4) is 0 Å². The standard InChI is InChI=1S/C16H24F3NO/c1-15(2,13-21-10-6-9-16(17,18)19)12-20-11-14-7-4-3-5-8-14/h3-5,7-8,20H,6,9-13H2,1-2H3. The average Bonchev–Trinajstić information content (AvgIpc) is 2.38. The molecule has 0 radical (unpaired) electrons. The average molecular weight is 303 g/mol. The summed E-state index contributed by atoms with van der Waals surface area (Å²) in [5.41, 5.74) is 1.10. The molecular weight excluding hydrogens is 279 g/mol. The first-order chi connectivity index (χ1) is 9.79. The van der Waals surface area contributed by atoms with Gasteiger partial charge in [-0.05, 0) is 12.0 Å². The molecule has 2 nitrogen and oxygen atoms in total. The second kappa shape index (κ2) is 8.39. The molecule has 0 amide bonds. The summed E-state index contributed by atoms with van der Waals surface area (Å²) in [6, 6.07) is 10.1. The predicted molar refractivity (Wildman–Crippen MR) is 78.0 cm³/mol. The summed E-state index contributed by atoms with van der Waals surface area (Å²) in [6.45, 7) is 6.21. The Balaban J connectivity index is 2.12. The van der Waals surface area contributed by atoms with E-state index >= 15 is 0 Å². The summed E-state index contributed by atoms with van der Waals surface area (Å²) in [6.07, 6.45) is -4.84. The van der Waals surface area contributed by atoms with Crippen molar-refractivity contribution in [1.29, 1.82) is 0 Å². The molecule has 1 rings (SSSR count). The monoisotopic (exact) mass is 303 g/mol. The van der Waals surface area contributed by atoms with Crippen molar-refractivity contribution in [3.05, 3.63) is 35.9 Å². The second-order valence-electron chi connectivity index (χ2n) is 6.02. The molecule has 0 unspecified atom stereocenters. The van der Waals surface area contributed by atoms with E-state index in [1.165, 1.54) is 5.56 Å². The smallest absolute Gasteiger partial charge is 0.381 e. The maximum Gasteiger partial charge on any atom is 0.389 e. The van der Waals surface area contributed by atoms with E-state index in [9.17, 15) is 13.2 Å². The molecule has 1 aromatic rings. The fourth-order valence-electron chi connectivity index (χ4n) is 1.92. The Morgan fingerprint density at radius 1 is 1.10 bits per heavy atom. The Morgan fingerprint density at radius 3 is 2.38 bits per heavy atom. The zero-order valence-corrected chi connectivity index (χ0v) is 12.7. The van der Waals surface area contributed by atoms with Crippen LogP contribution in [0.4, 0.5) is 13.2 Å². The van der Waals surface area contributed by atoms with Gasteiger partial charge in [-0.3, -0.25) is 0 Å². The zero-order valence-electron chi connectivity index (χ0n) is 12.7. The highest BCUT2D eigenvalue weighted by Gasteiger charge is 2.26. The summed E-state index contributed by atoms with van der Waals surface area (Å²) in [5, 5.41) is 3.35. The largest absolute Gasteiger partial charge is 0.389 e. The van der Waals surface area contributed by atoms with Crippen molar-refractivity contribution in [2.45, 2.75) is 39.4 Å². The van der Waals surface area contributed by atoms with Crippen LogP contribution in [-0.4, -0.2) is 25.9 Å². The van der Waals surface area contributed by atoms with Crippen LogP contribution in [0, 0.1) is 5.41 Å². The molecule has 120 valence electrons. The lowest BCUT2D eigenvalue weighted by Crippen LogP contribution is -2.33. The minimum Gasteiger partial charge on any atom is -0.381 e. The van der Waals surface area contributed by atoms with Gasteiger partial charge in [-0.15, -0.1) is 0 Å². The van der Waals surface area contributed by atoms with E-state index < -0.39 is 12.6 Å². The van der Waals surface area contributed by atoms with Crippen molar-refractivity contribution in [1.82, 2.24) is 5.32 Å². The van der Waals surface area contributed by atoms with Gasteiger partial charge < -0.3 is 10.1 Å². The minimum atomic E-state index is -4.09. The van der Waals surface area contributed by atoms with Crippen LogP contribution in [0.2, 0.25) is 0 Å². The molecule has 1 aromatic carbocycles. The molecule has 21 heavy (non-hydrogen) atoms. The minimum absolute atomic E-state index is 0.0248. The molecule has 0 aromatic heterocycles. The van der Waals surface area contributed by atoms with Crippen molar-refractivity contribution in [2.24, 2.45) is 5.41 Å². The highest BCUT2D eigenvalue weighted by Crippen LogP contribution is 2.21. The van der Waals surface area contributed by atoms with E-state index in [-0.39, 0.29) is 18.4 Å². The first-order valence-corrected chi connectivity index (χ1v) is 7.18. The SMILES string of the molecule is CC(C)(CNCc1ccccc1)COCCCC(F)(F)F. The molecule has 0 aliphatic carbocycles. The van der Waals surface area contributed by atoms with Gasteiger partial charge in [-0.1, -0.05) is 44.2 Å². The molecule has 0 aliphatic heterocycles. The molecule has 0 atom stereocenters. The van der Waals surface area contributed by atoms with Crippen LogP contribution < -0.4 is 5.32 Å². The predicted octanol–water partition coefficient (Wildman–Crippen LogP) is 4.16. The second-order valence-corrected chi connectivity index (χ2v) is 6.02. The quantitative estimate of drug-likeness (QED) is 0.692. The Kier molecular flexibility index (Phi) is 7.18. The van der Waals surface area contributed by atoms with Gasteiger partial charge in [-0.2, -0.15) is 13.2 Å². The number of benzene rings is 1. The van der Waals surface area contributed by atoms with Gasteiger partial charge in [-0.25, -0.2) is 0 Å². The van der Waals surface area contributed by atoms with Crippen molar-refractivity contribution < 1.29 is 17.9 Å². The molecule has 1 N–H and O–H groups in total. The molecular formula is C16H24F3NO. The fraction of sp³-hybridized carbons (Fsp3) is 0.625. The molecule has 0 bridgehead atoms. The topological polar surface area (TPSA) is 21.3 Å². The Labute approximate surface area is 124 Å². The van der Waals surface area contributed by atoms with Gasteiger partial charge in [0.2, 0.25) is 0 Å². The lowest BCUT2D eigenvalue weighted by atomic mass is 9.95. The molecule has 0 aliphatic rings. The lowest BCUT2D eigenvalue weighted by Gasteiger charge is -2.25. The van der Waals surface area contributed by atoms with E-state index in [4.69, 9.17) is 4.74 Å². The number of alkyl halides is 3. The van der Waals surface area contributed by atoms with E-state index in [0.29, 0.717) is 6.61 Å². The number of ether oxygens (including phenoxy) is 1. The summed E-state index contributed by atoms with van der Waals surface area (Å²) in [7, 11) is 0. The highest BCUT2D eigenvalue weighted by molar-refractivity contribution is 5.14. The van der Waals surface area contributed by atoms with Gasteiger partial charge >= 0.3 is 6.18 Å². The van der Waals surface area contributed by atoms with Gasteiger partial charge in [0.1, 0.15) is 0 Å². The summed E-state index contributed by atoms with van der Waals surface area (Å²) >= 11 is 0. The number of halogens is 3. The summed E-state index contributed by atoms with van der Waals surface area (Å²) in [4.78, 5) is 0. The Morgan fingerprint density at radius 2 is 1.76 bits per heavy atom. The maximum atomic E-state index is 12.0. The van der Waals surface area contributed by atoms with Crippen molar-refractivity contribution >= 4 is 0 Å². The van der Waals surface area contributed by atoms with Gasteiger partial charge in [0, 0.05) is 31.5 Å².